The molecule has 0 rings (SSSR count). The minimum absolute atomic E-state index is 0.209. The molecular weight excluding hydrogens is 132 g/mol. The van der Waals surface area contributed by atoms with Crippen LogP contribution in [-0.2, 0) is 4.74 Å². The van der Waals surface area contributed by atoms with Gasteiger partial charge >= 0.3 is 0 Å². The van der Waals surface area contributed by atoms with Crippen LogP contribution in [0.2, 0.25) is 0 Å². The van der Waals surface area contributed by atoms with Crippen LogP contribution < -0.4 is 0 Å². The van der Waals surface area contributed by atoms with Crippen LogP contribution in [0.25, 0.3) is 0 Å². The van der Waals surface area contributed by atoms with E-state index in [4.69, 9.17) is 14.9 Å². The summed E-state index contributed by atoms with van der Waals surface area (Å²) in [4.78, 5) is 0. The zero-order valence-electron chi connectivity index (χ0n) is 6.58. The molecule has 0 aliphatic heterocycles. The molecule has 0 radical (unpaired) electrons. The van der Waals surface area contributed by atoms with Crippen molar-refractivity contribution in [2.24, 2.45) is 0 Å². The van der Waals surface area contributed by atoms with Gasteiger partial charge in [0.15, 0.2) is 6.29 Å². The summed E-state index contributed by atoms with van der Waals surface area (Å²) in [5, 5.41) is 17.7. The van der Waals surface area contributed by atoms with Gasteiger partial charge in [0.1, 0.15) is 0 Å². The van der Waals surface area contributed by atoms with Crippen molar-refractivity contribution in [1.29, 1.82) is 0 Å². The molecule has 0 saturated heterocycles. The number of hydrogen-bond donors (Lipinski definition) is 2. The lowest BCUT2D eigenvalue weighted by atomic mass is 10.3. The molecule has 3 nitrogen and oxygen atoms in total. The van der Waals surface area contributed by atoms with Crippen LogP contribution in [0.15, 0.2) is 0 Å². The fraction of sp³-hybridized carbons (Fsp3) is 1.00. The van der Waals surface area contributed by atoms with E-state index in [-0.39, 0.29) is 6.61 Å². The first-order valence-electron chi connectivity index (χ1n) is 3.64. The van der Waals surface area contributed by atoms with Gasteiger partial charge in [-0.05, 0) is 13.3 Å². The average Bonchev–Trinajstić information content (AvgIpc) is 1.85. The van der Waals surface area contributed by atoms with E-state index in [9.17, 15) is 0 Å². The lowest BCUT2D eigenvalue weighted by Gasteiger charge is -2.11. The number of rotatable bonds is 5. The predicted molar refractivity (Wildman–Crippen MR) is 38.5 cm³/mol. The zero-order chi connectivity index (χ0) is 7.98. The molecule has 62 valence electrons. The van der Waals surface area contributed by atoms with Crippen LogP contribution in [0.3, 0.4) is 0 Å². The lowest BCUT2D eigenvalue weighted by molar-refractivity contribution is -0.122. The summed E-state index contributed by atoms with van der Waals surface area (Å²) < 4.78 is 4.85. The summed E-state index contributed by atoms with van der Waals surface area (Å²) in [6.45, 7) is 3.80. The van der Waals surface area contributed by atoms with Crippen molar-refractivity contribution >= 4 is 0 Å². The highest BCUT2D eigenvalue weighted by atomic mass is 16.6. The minimum atomic E-state index is -0.709. The molecule has 10 heavy (non-hydrogen) atoms. The molecule has 0 saturated carbocycles. The Kier molecular flexibility index (Phi) is 5.58. The largest absolute Gasteiger partial charge is 0.391 e. The van der Waals surface area contributed by atoms with E-state index in [2.05, 4.69) is 0 Å². The van der Waals surface area contributed by atoms with Crippen molar-refractivity contribution < 1.29 is 14.9 Å². The molecule has 0 aromatic heterocycles. The van der Waals surface area contributed by atoms with Crippen molar-refractivity contribution in [3.63, 3.8) is 0 Å². The van der Waals surface area contributed by atoms with Gasteiger partial charge in [0.25, 0.3) is 0 Å². The molecule has 0 heterocycles. The molecule has 0 amide bonds. The Morgan fingerprint density at radius 2 is 2.00 bits per heavy atom. The quantitative estimate of drug-likeness (QED) is 0.558. The normalized spacial score (nSPS) is 16.8. The van der Waals surface area contributed by atoms with Crippen LogP contribution in [0, 0.1) is 0 Å². The Morgan fingerprint density at radius 3 is 2.40 bits per heavy atom. The van der Waals surface area contributed by atoms with E-state index < -0.39 is 12.4 Å². The maximum atomic E-state index is 8.96. The second-order valence-electron chi connectivity index (χ2n) is 2.43. The molecule has 0 fully saturated rings. The van der Waals surface area contributed by atoms with Crippen LogP contribution in [-0.4, -0.2) is 29.2 Å². The maximum Gasteiger partial charge on any atom is 0.154 e. The minimum Gasteiger partial charge on any atom is -0.391 e. The van der Waals surface area contributed by atoms with Crippen LogP contribution in [0.4, 0.5) is 0 Å². The molecule has 0 aliphatic carbocycles. The standard InChI is InChI=1S/C7H16O3/c1-3-4-7(9)10-5-6(2)8/h6-9H,3-5H2,1-2H3. The first-order valence-corrected chi connectivity index (χ1v) is 3.64. The number of hydrogen-bond acceptors (Lipinski definition) is 3. The third-order valence-corrected chi connectivity index (χ3v) is 1.07. The lowest BCUT2D eigenvalue weighted by Crippen LogP contribution is -2.18. The van der Waals surface area contributed by atoms with Crippen molar-refractivity contribution in [2.45, 2.75) is 39.1 Å². The Labute approximate surface area is 61.6 Å². The number of aliphatic hydroxyl groups is 2. The molecule has 3 heteroatoms. The maximum absolute atomic E-state index is 8.96. The predicted octanol–water partition coefficient (Wildman–Crippen LogP) is 0.502. The van der Waals surface area contributed by atoms with Gasteiger partial charge in [-0.25, -0.2) is 0 Å². The molecule has 2 N–H and O–H groups in total. The first kappa shape index (κ1) is 9.88. The van der Waals surface area contributed by atoms with E-state index >= 15 is 0 Å². The van der Waals surface area contributed by atoms with E-state index in [1.165, 1.54) is 0 Å². The molecule has 0 aromatic rings. The van der Waals surface area contributed by atoms with Crippen molar-refractivity contribution in [1.82, 2.24) is 0 Å². The first-order chi connectivity index (χ1) is 4.66. The monoisotopic (exact) mass is 148 g/mol. The second-order valence-corrected chi connectivity index (χ2v) is 2.43. The van der Waals surface area contributed by atoms with Crippen molar-refractivity contribution in [3.05, 3.63) is 0 Å². The molecule has 0 aliphatic rings. The van der Waals surface area contributed by atoms with Crippen LogP contribution in [0.1, 0.15) is 26.7 Å². The highest BCUT2D eigenvalue weighted by molar-refractivity contribution is 4.44. The molecule has 0 bridgehead atoms. The summed E-state index contributed by atoms with van der Waals surface area (Å²) in [7, 11) is 0. The number of ether oxygens (including phenoxy) is 1. The number of aliphatic hydroxyl groups excluding tert-OH is 2. The van der Waals surface area contributed by atoms with Gasteiger partial charge in [-0.1, -0.05) is 13.3 Å². The Hall–Kier alpha value is -0.120. The van der Waals surface area contributed by atoms with E-state index in [0.717, 1.165) is 6.42 Å². The van der Waals surface area contributed by atoms with Gasteiger partial charge in [-0.2, -0.15) is 0 Å². The van der Waals surface area contributed by atoms with E-state index in [0.29, 0.717) is 6.42 Å². The molecule has 0 aromatic carbocycles. The Balaban J connectivity index is 3.12. The summed E-state index contributed by atoms with van der Waals surface area (Å²) in [6.07, 6.45) is 0.319. The third kappa shape index (κ3) is 6.01. The molecule has 2 unspecified atom stereocenters. The molecule has 2 atom stereocenters. The van der Waals surface area contributed by atoms with Gasteiger partial charge < -0.3 is 14.9 Å². The van der Waals surface area contributed by atoms with Gasteiger partial charge in [0, 0.05) is 0 Å². The summed E-state index contributed by atoms with van der Waals surface area (Å²) >= 11 is 0. The fourth-order valence-electron chi connectivity index (χ4n) is 0.581. The van der Waals surface area contributed by atoms with Gasteiger partial charge in [-0.15, -0.1) is 0 Å². The highest BCUT2D eigenvalue weighted by Gasteiger charge is 2.03. The zero-order valence-corrected chi connectivity index (χ0v) is 6.58. The van der Waals surface area contributed by atoms with Crippen molar-refractivity contribution in [2.75, 3.05) is 6.61 Å². The van der Waals surface area contributed by atoms with Gasteiger partial charge in [0.05, 0.1) is 12.7 Å². The topological polar surface area (TPSA) is 49.7 Å². The Morgan fingerprint density at radius 1 is 1.40 bits per heavy atom. The SMILES string of the molecule is CCCC(O)OCC(C)O. The van der Waals surface area contributed by atoms with E-state index in [1.54, 1.807) is 6.92 Å². The van der Waals surface area contributed by atoms with Crippen LogP contribution in [0.5, 0.6) is 0 Å². The van der Waals surface area contributed by atoms with Gasteiger partial charge in [0.2, 0.25) is 0 Å². The fourth-order valence-corrected chi connectivity index (χ4v) is 0.581. The van der Waals surface area contributed by atoms with Crippen molar-refractivity contribution in [3.8, 4) is 0 Å². The Bertz CT molecular complexity index is 73.3. The van der Waals surface area contributed by atoms with E-state index in [1.807, 2.05) is 6.92 Å². The van der Waals surface area contributed by atoms with Gasteiger partial charge in [-0.3, -0.25) is 0 Å². The average molecular weight is 148 g/mol. The summed E-state index contributed by atoms with van der Waals surface area (Å²) in [5.74, 6) is 0. The second kappa shape index (κ2) is 5.65. The summed E-state index contributed by atoms with van der Waals surface area (Å²) in [6, 6.07) is 0. The van der Waals surface area contributed by atoms with Crippen LogP contribution >= 0.6 is 0 Å². The summed E-state index contributed by atoms with van der Waals surface area (Å²) in [5.41, 5.74) is 0. The molecule has 0 spiro atoms. The smallest absolute Gasteiger partial charge is 0.154 e. The molecular formula is C7H16O3. The highest BCUT2D eigenvalue weighted by Crippen LogP contribution is 1.98. The third-order valence-electron chi connectivity index (χ3n) is 1.07.